The van der Waals surface area contributed by atoms with Gasteiger partial charge in [-0.25, -0.2) is 0 Å². The molecular weight excluding hydrogens is 200 g/mol. The van der Waals surface area contributed by atoms with Gasteiger partial charge in [0, 0.05) is 17.8 Å². The summed E-state index contributed by atoms with van der Waals surface area (Å²) < 4.78 is 0. The van der Waals surface area contributed by atoms with E-state index in [2.05, 4.69) is 31.1 Å². The van der Waals surface area contributed by atoms with Crippen LogP contribution in [0.3, 0.4) is 0 Å². The van der Waals surface area contributed by atoms with Gasteiger partial charge in [-0.15, -0.1) is 0 Å². The zero-order valence-electron chi connectivity index (χ0n) is 10.7. The minimum absolute atomic E-state index is 0.0899. The summed E-state index contributed by atoms with van der Waals surface area (Å²) in [6.45, 7) is 9.05. The van der Waals surface area contributed by atoms with Crippen molar-refractivity contribution >= 4 is 0 Å². The van der Waals surface area contributed by atoms with Crippen LogP contribution in [0.2, 0.25) is 0 Å². The lowest BCUT2D eigenvalue weighted by molar-refractivity contribution is 0.350. The highest BCUT2D eigenvalue weighted by Crippen LogP contribution is 2.17. The first-order valence-corrected chi connectivity index (χ1v) is 5.85. The molecule has 0 fully saturated rings. The first-order valence-electron chi connectivity index (χ1n) is 5.85. The van der Waals surface area contributed by atoms with E-state index in [9.17, 15) is 5.11 Å². The van der Waals surface area contributed by atoms with Gasteiger partial charge in [0.25, 0.3) is 0 Å². The molecule has 0 aromatic carbocycles. The zero-order chi connectivity index (χ0) is 12.2. The van der Waals surface area contributed by atoms with Crippen LogP contribution in [-0.2, 0) is 6.54 Å². The molecule has 0 saturated carbocycles. The molecule has 1 heterocycles. The zero-order valence-corrected chi connectivity index (χ0v) is 10.7. The fourth-order valence-corrected chi connectivity index (χ4v) is 1.77. The maximum absolute atomic E-state index is 9.66. The number of aromatic hydroxyl groups is 1. The monoisotopic (exact) mass is 222 g/mol. The number of rotatable bonds is 5. The fraction of sp³-hybridized carbons (Fsp3) is 0.615. The van der Waals surface area contributed by atoms with E-state index in [1.807, 2.05) is 13.0 Å². The average Bonchev–Trinajstić information content (AvgIpc) is 2.19. The number of nitrogens with zero attached hydrogens (tertiary/aromatic N) is 1. The predicted octanol–water partition coefficient (Wildman–Crippen LogP) is 2.76. The lowest BCUT2D eigenvalue weighted by Gasteiger charge is -2.25. The van der Waals surface area contributed by atoms with E-state index in [1.165, 1.54) is 0 Å². The van der Waals surface area contributed by atoms with Crippen LogP contribution in [0.25, 0.3) is 0 Å². The molecule has 3 nitrogen and oxygen atoms in total. The van der Waals surface area contributed by atoms with Crippen molar-refractivity contribution < 1.29 is 5.11 Å². The van der Waals surface area contributed by atoms with Crippen LogP contribution in [0.1, 0.15) is 45.0 Å². The van der Waals surface area contributed by atoms with E-state index >= 15 is 0 Å². The molecule has 0 aliphatic heterocycles. The summed E-state index contributed by atoms with van der Waals surface area (Å²) in [5, 5.41) is 13.1. The quantitative estimate of drug-likeness (QED) is 0.805. The summed E-state index contributed by atoms with van der Waals surface area (Å²) in [4.78, 5) is 4.32. The van der Waals surface area contributed by atoms with Crippen molar-refractivity contribution in [1.29, 1.82) is 0 Å². The minimum atomic E-state index is 0.0899. The minimum Gasteiger partial charge on any atom is -0.506 e. The Morgan fingerprint density at radius 3 is 2.69 bits per heavy atom. The second kappa shape index (κ2) is 5.30. The molecule has 0 amide bonds. The van der Waals surface area contributed by atoms with E-state index < -0.39 is 0 Å². The van der Waals surface area contributed by atoms with Crippen LogP contribution in [0.15, 0.2) is 12.1 Å². The standard InChI is InChI=1S/C13H22N2O/c1-5-8-13(3,4)14-9-11-12(16)7-6-10(2)15-11/h6-7,14,16H,5,8-9H2,1-4H3. The highest BCUT2D eigenvalue weighted by molar-refractivity contribution is 5.27. The summed E-state index contributed by atoms with van der Waals surface area (Å²) in [6.07, 6.45) is 2.26. The highest BCUT2D eigenvalue weighted by Gasteiger charge is 2.16. The number of nitrogens with one attached hydrogen (secondary N) is 1. The van der Waals surface area contributed by atoms with Gasteiger partial charge in [-0.1, -0.05) is 13.3 Å². The van der Waals surface area contributed by atoms with E-state index in [0.717, 1.165) is 24.2 Å². The molecule has 0 aliphatic carbocycles. The van der Waals surface area contributed by atoms with Gasteiger partial charge in [0.2, 0.25) is 0 Å². The van der Waals surface area contributed by atoms with Crippen molar-refractivity contribution in [2.45, 2.75) is 52.6 Å². The number of aromatic nitrogens is 1. The van der Waals surface area contributed by atoms with Gasteiger partial charge in [0.05, 0.1) is 5.69 Å². The molecule has 0 radical (unpaired) electrons. The van der Waals surface area contributed by atoms with Crippen molar-refractivity contribution in [3.63, 3.8) is 0 Å². The second-order valence-corrected chi connectivity index (χ2v) is 4.91. The molecule has 0 spiro atoms. The maximum atomic E-state index is 9.66. The highest BCUT2D eigenvalue weighted by atomic mass is 16.3. The lowest BCUT2D eigenvalue weighted by Crippen LogP contribution is -2.38. The number of aryl methyl sites for hydroxylation is 1. The maximum Gasteiger partial charge on any atom is 0.138 e. The summed E-state index contributed by atoms with van der Waals surface area (Å²) in [7, 11) is 0. The van der Waals surface area contributed by atoms with Crippen molar-refractivity contribution in [1.82, 2.24) is 10.3 Å². The fourth-order valence-electron chi connectivity index (χ4n) is 1.77. The Balaban J connectivity index is 2.63. The third-order valence-electron chi connectivity index (χ3n) is 2.70. The molecule has 0 unspecified atom stereocenters. The molecular formula is C13H22N2O. The largest absolute Gasteiger partial charge is 0.506 e. The van der Waals surface area contributed by atoms with Crippen LogP contribution in [0.4, 0.5) is 0 Å². The number of hydrogen-bond acceptors (Lipinski definition) is 3. The van der Waals surface area contributed by atoms with Gasteiger partial charge >= 0.3 is 0 Å². The second-order valence-electron chi connectivity index (χ2n) is 4.91. The van der Waals surface area contributed by atoms with Crippen LogP contribution in [-0.4, -0.2) is 15.6 Å². The average molecular weight is 222 g/mol. The van der Waals surface area contributed by atoms with E-state index in [1.54, 1.807) is 6.07 Å². The van der Waals surface area contributed by atoms with Crippen molar-refractivity contribution in [2.24, 2.45) is 0 Å². The molecule has 0 atom stereocenters. The first kappa shape index (κ1) is 13.0. The normalized spacial score (nSPS) is 11.8. The van der Waals surface area contributed by atoms with Crippen LogP contribution in [0, 0.1) is 6.92 Å². The molecule has 1 aromatic rings. The third kappa shape index (κ3) is 3.81. The molecule has 0 aliphatic rings. The molecule has 0 bridgehead atoms. The first-order chi connectivity index (χ1) is 7.44. The molecule has 16 heavy (non-hydrogen) atoms. The van der Waals surface area contributed by atoms with Gasteiger partial charge in [0.1, 0.15) is 5.75 Å². The topological polar surface area (TPSA) is 45.2 Å². The predicted molar refractivity (Wildman–Crippen MR) is 66.5 cm³/mol. The molecule has 0 saturated heterocycles. The van der Waals surface area contributed by atoms with E-state index in [0.29, 0.717) is 6.54 Å². The third-order valence-corrected chi connectivity index (χ3v) is 2.70. The van der Waals surface area contributed by atoms with Gasteiger partial charge in [-0.05, 0) is 39.3 Å². The summed E-state index contributed by atoms with van der Waals surface area (Å²) in [5.41, 5.74) is 1.75. The Morgan fingerprint density at radius 1 is 1.38 bits per heavy atom. The summed E-state index contributed by atoms with van der Waals surface area (Å²) in [6, 6.07) is 3.52. The van der Waals surface area contributed by atoms with E-state index in [4.69, 9.17) is 0 Å². The Hall–Kier alpha value is -1.09. The summed E-state index contributed by atoms with van der Waals surface area (Å²) in [5.74, 6) is 0.269. The SMILES string of the molecule is CCCC(C)(C)NCc1nc(C)ccc1O. The molecule has 2 N–H and O–H groups in total. The van der Waals surface area contributed by atoms with Crippen LogP contribution >= 0.6 is 0 Å². The van der Waals surface area contributed by atoms with Gasteiger partial charge in [0.15, 0.2) is 0 Å². The number of pyridine rings is 1. The van der Waals surface area contributed by atoms with E-state index in [-0.39, 0.29) is 11.3 Å². The van der Waals surface area contributed by atoms with Crippen molar-refractivity contribution in [2.75, 3.05) is 0 Å². The number of hydrogen-bond donors (Lipinski definition) is 2. The molecule has 1 aromatic heterocycles. The smallest absolute Gasteiger partial charge is 0.138 e. The molecule has 3 heteroatoms. The van der Waals surface area contributed by atoms with Crippen LogP contribution < -0.4 is 5.32 Å². The van der Waals surface area contributed by atoms with Gasteiger partial charge in [-0.2, -0.15) is 0 Å². The van der Waals surface area contributed by atoms with Crippen molar-refractivity contribution in [3.8, 4) is 5.75 Å². The van der Waals surface area contributed by atoms with Gasteiger partial charge in [-0.3, -0.25) is 4.98 Å². The Morgan fingerprint density at radius 2 is 2.06 bits per heavy atom. The Kier molecular flexibility index (Phi) is 4.30. The molecule has 1 rings (SSSR count). The lowest BCUT2D eigenvalue weighted by atomic mass is 9.99. The van der Waals surface area contributed by atoms with Gasteiger partial charge < -0.3 is 10.4 Å². The summed E-state index contributed by atoms with van der Waals surface area (Å²) >= 11 is 0. The van der Waals surface area contributed by atoms with Crippen LogP contribution in [0.5, 0.6) is 5.75 Å². The Bertz CT molecular complexity index is 348. The molecule has 90 valence electrons. The Labute approximate surface area is 97.9 Å². The van der Waals surface area contributed by atoms with Crippen molar-refractivity contribution in [3.05, 3.63) is 23.5 Å².